The molecule has 0 unspecified atom stereocenters. The summed E-state index contributed by atoms with van der Waals surface area (Å²) in [7, 11) is 1.26. The Kier molecular flexibility index (Phi) is 9.26. The Hall–Kier alpha value is -4.00. The molecule has 1 aromatic heterocycles. The summed E-state index contributed by atoms with van der Waals surface area (Å²) < 4.78 is 3.96. The zero-order chi connectivity index (χ0) is 28.4. The number of hydrazine groups is 1. The number of nitrogens with one attached hydrogen (secondary N) is 3. The number of oxime groups is 1. The number of allylic oxidation sites excluding steroid dienone is 2. The van der Waals surface area contributed by atoms with Crippen LogP contribution in [0.2, 0.25) is 0 Å². The molecule has 16 nitrogen and oxygen atoms in total. The fourth-order valence-corrected chi connectivity index (χ4v) is 6.19. The highest BCUT2D eigenvalue weighted by Gasteiger charge is 2.54. The molecule has 1 aromatic rings. The van der Waals surface area contributed by atoms with Gasteiger partial charge in [0, 0.05) is 42.8 Å². The standard InChI is InChI=1S/C22H27N11O5S2.ClH/c1-38-29-14(17-27-22(24)40-30-17)18(34)26-15-19(35)33-16(21(36)37)11(10-39-20(15)33)9-31-7-8-32-13(31)4-3-12(28-32)25-6-2-5-23;/h3-4,7-8,15,20,25,28H,2,5-6,9-10,23H2,1H3,(H,26,34)(H,36,37)(H2,24,27,30);1H/b29-14-;/t15-,20+;/m1./s1. The van der Waals surface area contributed by atoms with Gasteiger partial charge in [0.05, 0.1) is 0 Å². The lowest BCUT2D eigenvalue weighted by Gasteiger charge is -2.49. The highest BCUT2D eigenvalue weighted by molar-refractivity contribution is 8.00. The molecule has 8 N–H and O–H groups in total. The topological polar surface area (TPSA) is 217 Å². The maximum atomic E-state index is 13.1. The maximum absolute atomic E-state index is 13.1. The average molecular weight is 626 g/mol. The van der Waals surface area contributed by atoms with Crippen molar-refractivity contribution in [1.82, 2.24) is 40.2 Å². The Morgan fingerprint density at radius 1 is 1.34 bits per heavy atom. The number of carboxylic acids is 1. The van der Waals surface area contributed by atoms with Gasteiger partial charge in [-0.15, -0.1) is 24.2 Å². The quantitative estimate of drug-likeness (QED) is 0.0741. The van der Waals surface area contributed by atoms with E-state index in [1.165, 1.54) is 23.8 Å². The van der Waals surface area contributed by atoms with Gasteiger partial charge in [0.2, 0.25) is 11.5 Å². The van der Waals surface area contributed by atoms with Gasteiger partial charge in [0.15, 0.2) is 5.13 Å². The van der Waals surface area contributed by atoms with Crippen LogP contribution in [0.4, 0.5) is 5.13 Å². The molecular weight excluding hydrogens is 598 g/mol. The predicted molar refractivity (Wildman–Crippen MR) is 153 cm³/mol. The zero-order valence-corrected chi connectivity index (χ0v) is 24.1. The van der Waals surface area contributed by atoms with Crippen molar-refractivity contribution in [3.8, 4) is 0 Å². The molecule has 41 heavy (non-hydrogen) atoms. The molecule has 0 aromatic carbocycles. The van der Waals surface area contributed by atoms with Crippen LogP contribution in [0, 0.1) is 0 Å². The van der Waals surface area contributed by atoms with Crippen molar-refractivity contribution in [3.63, 3.8) is 0 Å². The van der Waals surface area contributed by atoms with Crippen molar-refractivity contribution in [2.45, 2.75) is 17.8 Å². The van der Waals surface area contributed by atoms with E-state index in [2.05, 4.69) is 30.6 Å². The number of carbonyl (C=O) groups excluding carboxylic acids is 2. The Labute approximate surface area is 248 Å². The number of hydrogen-bond donors (Lipinski definition) is 6. The van der Waals surface area contributed by atoms with Gasteiger partial charge < -0.3 is 36.9 Å². The lowest BCUT2D eigenvalue weighted by Crippen LogP contribution is -2.71. The van der Waals surface area contributed by atoms with E-state index in [0.29, 0.717) is 17.9 Å². The van der Waals surface area contributed by atoms with Crippen LogP contribution in [0.1, 0.15) is 12.2 Å². The van der Waals surface area contributed by atoms with Crippen LogP contribution in [-0.4, -0.2) is 96.7 Å². The second-order valence-electron chi connectivity index (χ2n) is 8.78. The van der Waals surface area contributed by atoms with Gasteiger partial charge >= 0.3 is 5.97 Å². The summed E-state index contributed by atoms with van der Waals surface area (Å²) in [6.45, 7) is 1.58. The molecule has 4 aliphatic heterocycles. The van der Waals surface area contributed by atoms with Crippen LogP contribution in [-0.2, 0) is 19.2 Å². The number of aromatic nitrogens is 2. The van der Waals surface area contributed by atoms with E-state index in [1.54, 1.807) is 0 Å². The number of β-lactam (4-membered cyclic amide) rings is 1. The molecule has 220 valence electrons. The predicted octanol–water partition coefficient (Wildman–Crippen LogP) is -1.14. The number of carboxylic acid groups (broad SMARTS) is 1. The Morgan fingerprint density at radius 3 is 2.83 bits per heavy atom. The second kappa shape index (κ2) is 12.7. The minimum Gasteiger partial charge on any atom is -0.477 e. The summed E-state index contributed by atoms with van der Waals surface area (Å²) in [6, 6.07) is -0.964. The van der Waals surface area contributed by atoms with Crippen LogP contribution in [0.5, 0.6) is 0 Å². The Bertz CT molecular complexity index is 1380. The van der Waals surface area contributed by atoms with Gasteiger partial charge in [-0.2, -0.15) is 9.36 Å². The molecule has 5 heterocycles. The number of aliphatic carboxylic acids is 1. The molecule has 19 heteroatoms. The summed E-state index contributed by atoms with van der Waals surface area (Å²) in [5, 5.41) is 20.9. The molecule has 2 amide bonds. The molecule has 1 fully saturated rings. The van der Waals surface area contributed by atoms with Crippen molar-refractivity contribution < 1.29 is 24.3 Å². The van der Waals surface area contributed by atoms with Crippen molar-refractivity contribution in [3.05, 3.63) is 53.3 Å². The van der Waals surface area contributed by atoms with E-state index in [4.69, 9.17) is 16.3 Å². The van der Waals surface area contributed by atoms with Crippen LogP contribution in [0.3, 0.4) is 0 Å². The fraction of sp³-hybridized carbons (Fsp3) is 0.364. The Morgan fingerprint density at radius 2 is 2.15 bits per heavy atom. The number of halogens is 1. The largest absolute Gasteiger partial charge is 0.477 e. The molecule has 1 saturated heterocycles. The molecular formula is C22H28ClN11O5S2. The number of nitrogens with zero attached hydrogens (tertiary/aromatic N) is 6. The third-order valence-corrected chi connectivity index (χ3v) is 8.10. The smallest absolute Gasteiger partial charge is 0.352 e. The molecule has 5 rings (SSSR count). The number of nitrogen functional groups attached to an aromatic ring is 1. The summed E-state index contributed by atoms with van der Waals surface area (Å²) in [5.41, 5.74) is 14.6. The first-order valence-electron chi connectivity index (χ1n) is 12.1. The average Bonchev–Trinajstić information content (AvgIpc) is 3.55. The number of nitrogens with two attached hydrogens (primary N) is 2. The summed E-state index contributed by atoms with van der Waals surface area (Å²) in [6.07, 6.45) is 8.29. The van der Waals surface area contributed by atoms with Crippen LogP contribution >= 0.6 is 35.7 Å². The number of fused-ring (bicyclic) bond motifs is 2. The molecule has 0 bridgehead atoms. The SMILES string of the molecule is CO/N=C(\C(=O)N[C@@H]1C(=O)N2C(C(=O)O)=C(CN3C=CN4NC(NCCCN)=CC=C34)CS[C@@H]12)c1nsc(N)n1.Cl. The third kappa shape index (κ3) is 5.90. The van der Waals surface area contributed by atoms with Crippen LogP contribution in [0.15, 0.2) is 52.6 Å². The van der Waals surface area contributed by atoms with E-state index in [0.717, 1.165) is 36.1 Å². The lowest BCUT2D eigenvalue weighted by molar-refractivity contribution is -0.150. The van der Waals surface area contributed by atoms with Gasteiger partial charge in [0.25, 0.3) is 11.8 Å². The Balaban J connectivity index is 0.00000387. The molecule has 2 atom stereocenters. The first kappa shape index (κ1) is 30.0. The molecule has 0 saturated carbocycles. The number of rotatable bonds is 11. The number of amides is 2. The number of hydrogen-bond acceptors (Lipinski definition) is 15. The van der Waals surface area contributed by atoms with E-state index in [1.807, 2.05) is 34.5 Å². The van der Waals surface area contributed by atoms with E-state index < -0.39 is 29.2 Å². The van der Waals surface area contributed by atoms with Gasteiger partial charge in [-0.3, -0.25) is 19.9 Å². The summed E-state index contributed by atoms with van der Waals surface area (Å²) in [4.78, 5) is 50.1. The first-order chi connectivity index (χ1) is 19.3. The first-order valence-corrected chi connectivity index (χ1v) is 13.9. The lowest BCUT2D eigenvalue weighted by atomic mass is 10.0. The minimum atomic E-state index is -1.22. The molecule has 0 radical (unpaired) electrons. The van der Waals surface area contributed by atoms with Gasteiger partial charge in [-0.05, 0) is 30.7 Å². The highest BCUT2D eigenvalue weighted by atomic mass is 35.5. The van der Waals surface area contributed by atoms with Gasteiger partial charge in [0.1, 0.15) is 35.9 Å². The van der Waals surface area contributed by atoms with Crippen molar-refractivity contribution in [2.24, 2.45) is 10.9 Å². The molecule has 4 aliphatic rings. The van der Waals surface area contributed by atoms with Crippen molar-refractivity contribution in [2.75, 3.05) is 38.2 Å². The van der Waals surface area contributed by atoms with Crippen molar-refractivity contribution >= 4 is 64.3 Å². The molecule has 0 aliphatic carbocycles. The fourth-order valence-electron chi connectivity index (χ4n) is 4.42. The maximum Gasteiger partial charge on any atom is 0.352 e. The molecule has 0 spiro atoms. The number of anilines is 1. The minimum absolute atomic E-state index is 0. The number of thioether (sulfide) groups is 1. The summed E-state index contributed by atoms with van der Waals surface area (Å²) in [5.74, 6) is -0.581. The zero-order valence-electron chi connectivity index (χ0n) is 21.6. The van der Waals surface area contributed by atoms with E-state index in [9.17, 15) is 19.5 Å². The van der Waals surface area contributed by atoms with E-state index in [-0.39, 0.29) is 41.3 Å². The van der Waals surface area contributed by atoms with Crippen molar-refractivity contribution in [1.29, 1.82) is 0 Å². The van der Waals surface area contributed by atoms with Gasteiger partial charge in [-0.25, -0.2) is 9.80 Å². The van der Waals surface area contributed by atoms with Crippen LogP contribution < -0.4 is 27.5 Å². The number of carbonyl (C=O) groups is 3. The van der Waals surface area contributed by atoms with E-state index >= 15 is 0 Å². The summed E-state index contributed by atoms with van der Waals surface area (Å²) >= 11 is 2.24. The van der Waals surface area contributed by atoms with Gasteiger partial charge in [-0.1, -0.05) is 5.16 Å². The third-order valence-electron chi connectivity index (χ3n) is 6.22. The highest BCUT2D eigenvalue weighted by Crippen LogP contribution is 2.41. The normalized spacial score (nSPS) is 21.2. The van der Waals surface area contributed by atoms with Crippen LogP contribution in [0.25, 0.3) is 0 Å². The monoisotopic (exact) mass is 625 g/mol. The second-order valence-corrected chi connectivity index (χ2v) is 10.7.